The van der Waals surface area contributed by atoms with Gasteiger partial charge in [-0.05, 0) is 37.8 Å². The molecule has 4 aliphatic rings. The number of aliphatic hydroxyl groups excluding tert-OH is 1. The first-order valence-electron chi connectivity index (χ1n) is 21.3. The molecule has 2 aliphatic heterocycles. The number of nitrogens with zero attached hydrogens (tertiary/aromatic N) is 6. The highest BCUT2D eigenvalue weighted by molar-refractivity contribution is 6.01. The number of aromatic carboxylic acids is 2. The second-order valence-corrected chi connectivity index (χ2v) is 16.7. The average Bonchev–Trinajstić information content (AvgIpc) is 4.23. The number of fused-ring (bicyclic) bond motifs is 2. The van der Waals surface area contributed by atoms with Crippen LogP contribution >= 0.6 is 0 Å². The van der Waals surface area contributed by atoms with Crippen LogP contribution in [0.1, 0.15) is 58.5 Å². The predicted octanol–water partition coefficient (Wildman–Crippen LogP) is 0.228. The summed E-state index contributed by atoms with van der Waals surface area (Å²) in [7, 11) is 0. The van der Waals surface area contributed by atoms with Crippen LogP contribution in [-0.4, -0.2) is 142 Å². The topological polar surface area (TPSA) is 347 Å². The van der Waals surface area contributed by atoms with Crippen LogP contribution in [0, 0.1) is 33.3 Å². The first kappa shape index (κ1) is 44.9. The predicted molar refractivity (Wildman–Crippen MR) is 242 cm³/mol. The summed E-state index contributed by atoms with van der Waals surface area (Å²) in [5, 5.41) is 73.4. The van der Waals surface area contributed by atoms with Gasteiger partial charge in [0, 0.05) is 89.9 Å². The van der Waals surface area contributed by atoms with Gasteiger partial charge in [-0.1, -0.05) is 0 Å². The van der Waals surface area contributed by atoms with E-state index in [4.69, 9.17) is 33.1 Å². The van der Waals surface area contributed by atoms with Gasteiger partial charge in [0.25, 0.3) is 0 Å². The third-order valence-corrected chi connectivity index (χ3v) is 12.3. The molecule has 350 valence electrons. The Labute approximate surface area is 373 Å². The lowest BCUT2D eigenvalue weighted by atomic mass is 10.1. The molecule has 15 N–H and O–H groups in total. The number of carboxylic acids is 2. The summed E-state index contributed by atoms with van der Waals surface area (Å²) in [6.07, 6.45) is 4.59. The van der Waals surface area contributed by atoms with Gasteiger partial charge in [0.15, 0.2) is 35.5 Å². The monoisotopic (exact) mass is 916 g/mol. The largest absolute Gasteiger partial charge is 0.477 e. The molecule has 4 aromatic rings. The molecule has 2 saturated heterocycles. The van der Waals surface area contributed by atoms with E-state index < -0.39 is 63.0 Å². The molecule has 0 spiro atoms. The maximum Gasteiger partial charge on any atom is 0.341 e. The summed E-state index contributed by atoms with van der Waals surface area (Å²) in [4.78, 5) is 56.3. The standard InChI is InChI=1S/C41H50F2N16O7/c42-30-26(13-24-28(32(30)44)34(61)22(36(63)64)17-58(24)19-1-2-19)54-5-9-56(10-6-54)40(48)52-38(46)50-15-21(60)16-51-39(47)53-41(49)57-11-7-55(8-12-57)27-14-25-29(33(45)31(27)43)35(62)23(37(65)66)18-59(25)20-3-4-20/h13-14,17-21,60H,1-12,15-16,44-45H2,(H,63,64)(H,65,66)(H4,46,48,50,52)(H4,47,49,51,53). The lowest BCUT2D eigenvalue weighted by Gasteiger charge is -2.37. The van der Waals surface area contributed by atoms with Gasteiger partial charge in [0.2, 0.25) is 10.9 Å². The summed E-state index contributed by atoms with van der Waals surface area (Å²) in [6, 6.07) is 2.98. The number of nitrogens with one attached hydrogen (secondary N) is 8. The smallest absolute Gasteiger partial charge is 0.341 e. The summed E-state index contributed by atoms with van der Waals surface area (Å²) in [5.41, 5.74) is 9.78. The van der Waals surface area contributed by atoms with Gasteiger partial charge < -0.3 is 66.2 Å². The van der Waals surface area contributed by atoms with Crippen molar-refractivity contribution >= 4 is 80.3 Å². The van der Waals surface area contributed by atoms with Crippen LogP contribution in [0.3, 0.4) is 0 Å². The van der Waals surface area contributed by atoms with Crippen molar-refractivity contribution in [1.82, 2.24) is 40.2 Å². The molecule has 0 unspecified atom stereocenters. The maximum atomic E-state index is 15.7. The van der Waals surface area contributed by atoms with Crippen LogP contribution in [0.5, 0.6) is 0 Å². The van der Waals surface area contributed by atoms with E-state index in [1.807, 2.05) is 0 Å². The van der Waals surface area contributed by atoms with Crippen molar-refractivity contribution in [3.63, 3.8) is 0 Å². The Morgan fingerprint density at radius 3 is 1.32 bits per heavy atom. The zero-order valence-corrected chi connectivity index (χ0v) is 35.5. The number of hydrogen-bond donors (Lipinski definition) is 13. The Morgan fingerprint density at radius 2 is 1.00 bits per heavy atom. The Kier molecular flexibility index (Phi) is 12.0. The molecule has 0 amide bonds. The van der Waals surface area contributed by atoms with Crippen molar-refractivity contribution in [3.8, 4) is 0 Å². The summed E-state index contributed by atoms with van der Waals surface area (Å²) >= 11 is 0. The molecule has 2 aromatic heterocycles. The minimum atomic E-state index is -1.42. The van der Waals surface area contributed by atoms with Gasteiger partial charge in [-0.15, -0.1) is 0 Å². The molecule has 2 aromatic carbocycles. The number of benzene rings is 2. The van der Waals surface area contributed by atoms with Crippen LogP contribution in [-0.2, 0) is 0 Å². The number of nitrogen functional groups attached to an aromatic ring is 2. The Balaban J connectivity index is 0.769. The fraction of sp³-hybridized carbons (Fsp3) is 0.415. The van der Waals surface area contributed by atoms with Crippen LogP contribution < -0.4 is 53.4 Å². The zero-order chi connectivity index (χ0) is 47.3. The first-order chi connectivity index (χ1) is 31.4. The molecule has 0 atom stereocenters. The lowest BCUT2D eigenvalue weighted by Crippen LogP contribution is -2.56. The van der Waals surface area contributed by atoms with E-state index in [9.17, 15) is 34.5 Å². The van der Waals surface area contributed by atoms with Crippen molar-refractivity contribution < 1.29 is 33.7 Å². The molecule has 2 aliphatic carbocycles. The fourth-order valence-corrected chi connectivity index (χ4v) is 8.40. The van der Waals surface area contributed by atoms with Gasteiger partial charge in [0.05, 0.1) is 50.7 Å². The zero-order valence-electron chi connectivity index (χ0n) is 35.5. The molecule has 66 heavy (non-hydrogen) atoms. The second kappa shape index (κ2) is 17.7. The third-order valence-electron chi connectivity index (χ3n) is 12.3. The van der Waals surface area contributed by atoms with Crippen LogP contribution in [0.4, 0.5) is 31.5 Å². The molecule has 0 radical (unpaired) electrons. The van der Waals surface area contributed by atoms with Crippen molar-refractivity contribution in [1.29, 1.82) is 21.6 Å². The summed E-state index contributed by atoms with van der Waals surface area (Å²) in [6.45, 7) is 1.82. The minimum absolute atomic E-state index is 0.0280. The minimum Gasteiger partial charge on any atom is -0.477 e. The summed E-state index contributed by atoms with van der Waals surface area (Å²) in [5.74, 6) is -5.30. The number of rotatable bonds is 10. The third kappa shape index (κ3) is 8.75. The van der Waals surface area contributed by atoms with Crippen molar-refractivity contribution in [2.45, 2.75) is 43.9 Å². The van der Waals surface area contributed by atoms with E-state index in [0.29, 0.717) is 11.0 Å². The molecular weight excluding hydrogens is 867 g/mol. The normalized spacial score (nSPS) is 16.8. The SMILES string of the molecule is N=C(NCC(O)CNC(=N)NC(=N)N1CCN(c2cc3c(c(N)c2F)c(=O)c(C(=O)O)cn3C2CC2)CC1)NC(=N)N1CCN(c2cc3c(c(N)c2F)c(=O)c(C(=O)O)cn3C2CC2)CC1. The van der Waals surface area contributed by atoms with Gasteiger partial charge >= 0.3 is 11.9 Å². The van der Waals surface area contributed by atoms with Crippen molar-refractivity contribution in [3.05, 3.63) is 67.7 Å². The number of halogens is 2. The number of aromatic nitrogens is 2. The number of guanidine groups is 4. The number of anilines is 4. The van der Waals surface area contributed by atoms with E-state index in [0.717, 1.165) is 25.7 Å². The number of piperazine rings is 2. The number of carboxylic acid groups (broad SMARTS) is 2. The van der Waals surface area contributed by atoms with Crippen LogP contribution in [0.15, 0.2) is 34.1 Å². The van der Waals surface area contributed by atoms with Gasteiger partial charge in [0.1, 0.15) is 11.1 Å². The number of hydrogen-bond acceptors (Lipinski definition) is 13. The highest BCUT2D eigenvalue weighted by atomic mass is 19.1. The van der Waals surface area contributed by atoms with Crippen molar-refractivity contribution in [2.75, 3.05) is 86.7 Å². The number of aliphatic hydroxyl groups is 1. The Bertz CT molecular complexity index is 2640. The highest BCUT2D eigenvalue weighted by Gasteiger charge is 2.33. The lowest BCUT2D eigenvalue weighted by molar-refractivity contribution is 0.0684. The molecule has 0 bridgehead atoms. The maximum absolute atomic E-state index is 15.7. The number of pyridine rings is 2. The fourth-order valence-electron chi connectivity index (χ4n) is 8.40. The van der Waals surface area contributed by atoms with Gasteiger partial charge in [-0.25, -0.2) is 18.4 Å². The van der Waals surface area contributed by atoms with E-state index in [2.05, 4.69) is 21.3 Å². The first-order valence-corrected chi connectivity index (χ1v) is 21.3. The van der Waals surface area contributed by atoms with Gasteiger partial charge in [-0.3, -0.25) is 41.9 Å². The molecule has 23 nitrogen and oxygen atoms in total. The van der Waals surface area contributed by atoms with Crippen LogP contribution in [0.25, 0.3) is 21.8 Å². The average molecular weight is 917 g/mol. The van der Waals surface area contributed by atoms with E-state index in [-0.39, 0.29) is 124 Å². The number of carbonyl (C=O) groups is 2. The molecule has 4 fully saturated rings. The van der Waals surface area contributed by atoms with E-state index in [1.54, 1.807) is 28.7 Å². The second-order valence-electron chi connectivity index (χ2n) is 16.7. The van der Waals surface area contributed by atoms with Crippen molar-refractivity contribution in [2.24, 2.45) is 0 Å². The Hall–Kier alpha value is -7.70. The molecule has 8 rings (SSSR count). The van der Waals surface area contributed by atoms with Gasteiger partial charge in [-0.2, -0.15) is 0 Å². The van der Waals surface area contributed by atoms with E-state index >= 15 is 8.78 Å². The molecular formula is C41H50F2N16O7. The quantitative estimate of drug-likeness (QED) is 0.0575. The molecule has 4 heterocycles. The highest BCUT2D eigenvalue weighted by Crippen LogP contribution is 2.41. The van der Waals surface area contributed by atoms with E-state index in [1.165, 1.54) is 24.5 Å². The Morgan fingerprint density at radius 1 is 0.652 bits per heavy atom. The summed E-state index contributed by atoms with van der Waals surface area (Å²) < 4.78 is 34.8. The number of nitrogens with two attached hydrogens (primary N) is 2. The van der Waals surface area contributed by atoms with Crippen LogP contribution in [0.2, 0.25) is 0 Å². The molecule has 2 saturated carbocycles. The molecule has 25 heteroatoms.